The molecule has 0 spiro atoms. The highest BCUT2D eigenvalue weighted by Crippen LogP contribution is 2.24. The molecule has 0 saturated carbocycles. The van der Waals surface area contributed by atoms with Crippen molar-refractivity contribution < 1.29 is 4.79 Å². The van der Waals surface area contributed by atoms with Gasteiger partial charge in [-0.25, -0.2) is 9.67 Å². The Kier molecular flexibility index (Phi) is 6.69. The maximum Gasteiger partial charge on any atom is 0.237 e. The highest BCUT2D eigenvalue weighted by molar-refractivity contribution is 7.99. The Bertz CT molecular complexity index is 999. The molecule has 1 amide bonds. The van der Waals surface area contributed by atoms with Crippen LogP contribution in [0.3, 0.4) is 0 Å². The number of anilines is 1. The number of thioether (sulfide) groups is 1. The van der Waals surface area contributed by atoms with Gasteiger partial charge >= 0.3 is 0 Å². The Morgan fingerprint density at radius 1 is 1.29 bits per heavy atom. The first-order valence-corrected chi connectivity index (χ1v) is 9.98. The molecule has 0 saturated heterocycles. The summed E-state index contributed by atoms with van der Waals surface area (Å²) >= 11 is 7.35. The van der Waals surface area contributed by atoms with Crippen molar-refractivity contribution in [1.29, 1.82) is 5.26 Å². The van der Waals surface area contributed by atoms with Crippen LogP contribution in [0, 0.1) is 18.3 Å². The van der Waals surface area contributed by atoms with E-state index in [1.807, 2.05) is 43.3 Å². The van der Waals surface area contributed by atoms with Crippen LogP contribution in [0.2, 0.25) is 5.02 Å². The average molecular weight is 412 g/mol. The maximum absolute atomic E-state index is 12.8. The zero-order chi connectivity index (χ0) is 19.9. The third-order valence-corrected chi connectivity index (χ3v) is 5.28. The van der Waals surface area contributed by atoms with Crippen LogP contribution in [0.4, 0.5) is 5.69 Å². The number of nitrogens with zero attached hydrogens (tertiary/aromatic N) is 5. The first-order chi connectivity index (χ1) is 13.6. The van der Waals surface area contributed by atoms with Gasteiger partial charge in [0.15, 0.2) is 0 Å². The molecule has 0 aliphatic rings. The molecule has 3 rings (SSSR count). The summed E-state index contributed by atoms with van der Waals surface area (Å²) < 4.78 is 1.67. The van der Waals surface area contributed by atoms with Gasteiger partial charge in [0.1, 0.15) is 6.33 Å². The Hall–Kier alpha value is -2.82. The second-order valence-corrected chi connectivity index (χ2v) is 7.33. The summed E-state index contributed by atoms with van der Waals surface area (Å²) in [7, 11) is 0. The summed E-state index contributed by atoms with van der Waals surface area (Å²) in [6.45, 7) is 2.20. The SMILES string of the molecule is Cc1cc(N(CCC#N)C(=O)CSc2ncn(-c3ccccc3)n2)ccc1Cl. The van der Waals surface area contributed by atoms with Gasteiger partial charge in [-0.2, -0.15) is 5.26 Å². The highest BCUT2D eigenvalue weighted by Gasteiger charge is 2.17. The van der Waals surface area contributed by atoms with Crippen molar-refractivity contribution >= 4 is 35.0 Å². The van der Waals surface area contributed by atoms with Crippen molar-refractivity contribution in [3.8, 4) is 11.8 Å². The number of carbonyl (C=O) groups is 1. The van der Waals surface area contributed by atoms with E-state index in [-0.39, 0.29) is 18.1 Å². The van der Waals surface area contributed by atoms with E-state index in [4.69, 9.17) is 16.9 Å². The van der Waals surface area contributed by atoms with Gasteiger partial charge in [-0.3, -0.25) is 4.79 Å². The van der Waals surface area contributed by atoms with Gasteiger partial charge in [0.25, 0.3) is 0 Å². The molecule has 142 valence electrons. The lowest BCUT2D eigenvalue weighted by atomic mass is 10.2. The predicted octanol–water partition coefficient (Wildman–Crippen LogP) is 4.27. The Morgan fingerprint density at radius 3 is 2.79 bits per heavy atom. The first-order valence-electron chi connectivity index (χ1n) is 8.62. The van der Waals surface area contributed by atoms with Crippen molar-refractivity contribution in [2.45, 2.75) is 18.5 Å². The molecule has 0 radical (unpaired) electrons. The number of hydrogen-bond donors (Lipinski definition) is 0. The summed E-state index contributed by atoms with van der Waals surface area (Å²) in [6.07, 6.45) is 1.87. The van der Waals surface area contributed by atoms with Crippen molar-refractivity contribution in [3.63, 3.8) is 0 Å². The minimum absolute atomic E-state index is 0.113. The van der Waals surface area contributed by atoms with Crippen molar-refractivity contribution in [3.05, 3.63) is 65.4 Å². The van der Waals surface area contributed by atoms with Gasteiger partial charge in [0.05, 0.1) is 23.9 Å². The second-order valence-electron chi connectivity index (χ2n) is 5.98. The van der Waals surface area contributed by atoms with Crippen LogP contribution < -0.4 is 4.90 Å². The summed E-state index contributed by atoms with van der Waals surface area (Å²) in [5.41, 5.74) is 2.51. The number of nitriles is 1. The average Bonchev–Trinajstić information content (AvgIpc) is 3.19. The normalized spacial score (nSPS) is 10.5. The summed E-state index contributed by atoms with van der Waals surface area (Å²) in [5.74, 6) is 0.0596. The quantitative estimate of drug-likeness (QED) is 0.543. The molecule has 2 aromatic carbocycles. The highest BCUT2D eigenvalue weighted by atomic mass is 35.5. The van der Waals surface area contributed by atoms with Crippen LogP contribution >= 0.6 is 23.4 Å². The minimum Gasteiger partial charge on any atom is -0.311 e. The lowest BCUT2D eigenvalue weighted by Gasteiger charge is -2.22. The van der Waals surface area contributed by atoms with E-state index in [0.717, 1.165) is 16.9 Å². The van der Waals surface area contributed by atoms with Crippen LogP contribution in [0.1, 0.15) is 12.0 Å². The molecule has 0 aliphatic carbocycles. The molecule has 0 atom stereocenters. The number of benzene rings is 2. The first kappa shape index (κ1) is 19.9. The van der Waals surface area contributed by atoms with Crippen LogP contribution in [0.15, 0.2) is 60.0 Å². The van der Waals surface area contributed by atoms with E-state index >= 15 is 0 Å². The van der Waals surface area contributed by atoms with Crippen LogP contribution in [-0.2, 0) is 4.79 Å². The van der Waals surface area contributed by atoms with Crippen molar-refractivity contribution in [2.75, 3.05) is 17.2 Å². The second kappa shape index (κ2) is 9.40. The third kappa shape index (κ3) is 4.91. The van der Waals surface area contributed by atoms with E-state index in [1.165, 1.54) is 11.8 Å². The van der Waals surface area contributed by atoms with E-state index in [1.54, 1.807) is 28.0 Å². The molecule has 1 aromatic heterocycles. The summed E-state index contributed by atoms with van der Waals surface area (Å²) in [5, 5.41) is 14.5. The largest absolute Gasteiger partial charge is 0.311 e. The summed E-state index contributed by atoms with van der Waals surface area (Å²) in [6, 6.07) is 17.1. The van der Waals surface area contributed by atoms with Gasteiger partial charge < -0.3 is 4.90 Å². The molecule has 0 unspecified atom stereocenters. The van der Waals surface area contributed by atoms with E-state index in [9.17, 15) is 4.79 Å². The fraction of sp³-hybridized carbons (Fsp3) is 0.200. The topological polar surface area (TPSA) is 74.8 Å². The maximum atomic E-state index is 12.8. The number of aryl methyl sites for hydroxylation is 1. The van der Waals surface area contributed by atoms with E-state index in [0.29, 0.717) is 16.7 Å². The Labute approximate surface area is 172 Å². The van der Waals surface area contributed by atoms with Gasteiger partial charge in [-0.1, -0.05) is 41.6 Å². The zero-order valence-corrected chi connectivity index (χ0v) is 16.8. The van der Waals surface area contributed by atoms with Gasteiger partial charge in [-0.15, -0.1) is 5.10 Å². The molecule has 28 heavy (non-hydrogen) atoms. The number of hydrogen-bond acceptors (Lipinski definition) is 5. The molecule has 6 nitrogen and oxygen atoms in total. The Balaban J connectivity index is 1.69. The number of carbonyl (C=O) groups excluding carboxylic acids is 1. The lowest BCUT2D eigenvalue weighted by molar-refractivity contribution is -0.116. The molecule has 8 heteroatoms. The molecule has 0 N–H and O–H groups in total. The number of halogens is 1. The molecule has 0 fully saturated rings. The molecular formula is C20H18ClN5OS. The fourth-order valence-corrected chi connectivity index (χ4v) is 3.37. The van der Waals surface area contributed by atoms with Crippen molar-refractivity contribution in [1.82, 2.24) is 14.8 Å². The van der Waals surface area contributed by atoms with Gasteiger partial charge in [0.2, 0.25) is 11.1 Å². The minimum atomic E-state index is -0.113. The molecular weight excluding hydrogens is 394 g/mol. The third-order valence-electron chi connectivity index (χ3n) is 4.02. The Morgan fingerprint density at radius 2 is 2.07 bits per heavy atom. The van der Waals surface area contributed by atoms with Crippen molar-refractivity contribution in [2.24, 2.45) is 0 Å². The fourth-order valence-electron chi connectivity index (χ4n) is 2.58. The molecule has 0 aliphatic heterocycles. The number of rotatable bonds is 7. The van der Waals surface area contributed by atoms with Crippen LogP contribution in [0.5, 0.6) is 0 Å². The molecule has 3 aromatic rings. The molecule has 1 heterocycles. The molecule has 0 bridgehead atoms. The monoisotopic (exact) mass is 411 g/mol. The van der Waals surface area contributed by atoms with E-state index < -0.39 is 0 Å². The van der Waals surface area contributed by atoms with Gasteiger partial charge in [0, 0.05) is 17.3 Å². The summed E-state index contributed by atoms with van der Waals surface area (Å²) in [4.78, 5) is 18.7. The number of amides is 1. The van der Waals surface area contributed by atoms with Crippen LogP contribution in [0.25, 0.3) is 5.69 Å². The van der Waals surface area contributed by atoms with Crippen LogP contribution in [-0.4, -0.2) is 33.0 Å². The number of aromatic nitrogens is 3. The smallest absolute Gasteiger partial charge is 0.237 e. The predicted molar refractivity (Wildman–Crippen MR) is 111 cm³/mol. The van der Waals surface area contributed by atoms with E-state index in [2.05, 4.69) is 16.2 Å². The van der Waals surface area contributed by atoms with Gasteiger partial charge in [-0.05, 0) is 42.8 Å². The standard InChI is InChI=1S/C20H18ClN5OS/c1-15-12-17(8-9-18(15)21)25(11-5-10-22)19(27)13-28-20-23-14-26(24-20)16-6-3-2-4-7-16/h2-4,6-9,12,14H,5,11,13H2,1H3. The number of para-hydroxylation sites is 1. The zero-order valence-electron chi connectivity index (χ0n) is 15.2. The lowest BCUT2D eigenvalue weighted by Crippen LogP contribution is -2.33.